The molecule has 0 unspecified atom stereocenters. The van der Waals surface area contributed by atoms with E-state index in [4.69, 9.17) is 12.2 Å². The van der Waals surface area contributed by atoms with E-state index < -0.39 is 5.41 Å². The lowest BCUT2D eigenvalue weighted by molar-refractivity contribution is -0.145. The molecule has 0 aromatic carbocycles. The van der Waals surface area contributed by atoms with E-state index in [0.29, 0.717) is 12.8 Å². The Bertz CT molecular complexity index is 306. The summed E-state index contributed by atoms with van der Waals surface area (Å²) in [7, 11) is 0. The molecular weight excluding hydrogens is 224 g/mol. The van der Waals surface area contributed by atoms with Crippen LogP contribution in [0.4, 0.5) is 0 Å². The van der Waals surface area contributed by atoms with Crippen LogP contribution in [0.3, 0.4) is 0 Å². The van der Waals surface area contributed by atoms with Crippen LogP contribution in [-0.2, 0) is 9.59 Å². The van der Waals surface area contributed by atoms with Gasteiger partial charge in [0.15, 0.2) is 5.11 Å². The molecule has 0 aromatic heterocycles. The van der Waals surface area contributed by atoms with Crippen molar-refractivity contribution in [3.8, 4) is 0 Å². The van der Waals surface area contributed by atoms with Gasteiger partial charge in [-0.15, -0.1) is 0 Å². The Kier molecular flexibility index (Phi) is 4.02. The fraction of sp³-hybridized carbons (Fsp3) is 0.727. The van der Waals surface area contributed by atoms with Crippen LogP contribution in [0.5, 0.6) is 0 Å². The summed E-state index contributed by atoms with van der Waals surface area (Å²) in [4.78, 5) is 24.0. The summed E-state index contributed by atoms with van der Waals surface area (Å²) in [5.74, 6) is -0.219. The van der Waals surface area contributed by atoms with Gasteiger partial charge < -0.3 is 10.6 Å². The van der Waals surface area contributed by atoms with Gasteiger partial charge in [-0.25, -0.2) is 0 Å². The first-order chi connectivity index (χ1) is 7.42. The molecule has 1 aliphatic heterocycles. The van der Waals surface area contributed by atoms with Crippen LogP contribution in [0, 0.1) is 11.3 Å². The van der Waals surface area contributed by atoms with Crippen molar-refractivity contribution in [2.45, 2.75) is 40.0 Å². The van der Waals surface area contributed by atoms with Crippen molar-refractivity contribution in [1.82, 2.24) is 10.6 Å². The van der Waals surface area contributed by atoms with Crippen molar-refractivity contribution >= 4 is 29.1 Å². The Balaban J connectivity index is 3.01. The topological polar surface area (TPSA) is 58.2 Å². The molecule has 16 heavy (non-hydrogen) atoms. The highest BCUT2D eigenvalue weighted by Crippen LogP contribution is 2.34. The highest BCUT2D eigenvalue weighted by atomic mass is 32.1. The van der Waals surface area contributed by atoms with Gasteiger partial charge in [0.2, 0.25) is 11.8 Å². The van der Waals surface area contributed by atoms with Crippen LogP contribution in [0.25, 0.3) is 0 Å². The molecule has 0 aliphatic carbocycles. The minimum absolute atomic E-state index is 0.116. The van der Waals surface area contributed by atoms with Gasteiger partial charge in [0.05, 0.1) is 0 Å². The molecule has 1 rings (SSSR count). The zero-order valence-corrected chi connectivity index (χ0v) is 10.7. The summed E-state index contributed by atoms with van der Waals surface area (Å²) in [6.45, 7) is 5.98. The molecule has 2 amide bonds. The Labute approximate surface area is 101 Å². The molecule has 5 heteroatoms. The van der Waals surface area contributed by atoms with Crippen molar-refractivity contribution < 1.29 is 9.59 Å². The maximum atomic E-state index is 12.0. The van der Waals surface area contributed by atoms with Crippen LogP contribution < -0.4 is 10.6 Å². The summed E-state index contributed by atoms with van der Waals surface area (Å²) in [6, 6.07) is 0. The third-order valence-electron chi connectivity index (χ3n) is 2.76. The number of hydrogen-bond acceptors (Lipinski definition) is 3. The van der Waals surface area contributed by atoms with E-state index in [1.54, 1.807) is 0 Å². The molecule has 1 saturated heterocycles. The average molecular weight is 242 g/mol. The highest BCUT2D eigenvalue weighted by molar-refractivity contribution is 7.80. The summed E-state index contributed by atoms with van der Waals surface area (Å²) in [5.41, 5.74) is -0.939. The van der Waals surface area contributed by atoms with Gasteiger partial charge in [-0.3, -0.25) is 9.59 Å². The SMILES string of the molecule is CCCC1(CC(C)C)C(=O)NC(=S)NC1=O. The number of carbonyl (C=O) groups excluding carboxylic acids is 2. The molecule has 1 heterocycles. The van der Waals surface area contributed by atoms with Crippen molar-refractivity contribution in [1.29, 1.82) is 0 Å². The van der Waals surface area contributed by atoms with Gasteiger partial charge in [0.25, 0.3) is 0 Å². The lowest BCUT2D eigenvalue weighted by atomic mass is 9.74. The quantitative estimate of drug-likeness (QED) is 0.578. The Hall–Kier alpha value is -0.970. The molecule has 1 fully saturated rings. The molecule has 0 saturated carbocycles. The second-order valence-electron chi connectivity index (χ2n) is 4.67. The van der Waals surface area contributed by atoms with Gasteiger partial charge in [0.1, 0.15) is 5.41 Å². The first kappa shape index (κ1) is 13.1. The summed E-state index contributed by atoms with van der Waals surface area (Å²) in [6.07, 6.45) is 1.91. The zero-order chi connectivity index (χ0) is 12.3. The lowest BCUT2D eigenvalue weighted by Gasteiger charge is -2.36. The average Bonchev–Trinajstić information content (AvgIpc) is 2.13. The van der Waals surface area contributed by atoms with E-state index in [-0.39, 0.29) is 22.8 Å². The van der Waals surface area contributed by atoms with Gasteiger partial charge in [-0.1, -0.05) is 27.2 Å². The second kappa shape index (κ2) is 4.91. The Morgan fingerprint density at radius 2 is 1.75 bits per heavy atom. The van der Waals surface area contributed by atoms with E-state index in [1.165, 1.54) is 0 Å². The largest absolute Gasteiger partial charge is 0.302 e. The molecule has 0 atom stereocenters. The van der Waals surface area contributed by atoms with Crippen LogP contribution >= 0.6 is 12.2 Å². The molecule has 4 nitrogen and oxygen atoms in total. The molecule has 1 aliphatic rings. The maximum Gasteiger partial charge on any atom is 0.241 e. The van der Waals surface area contributed by atoms with Crippen molar-refractivity contribution in [3.05, 3.63) is 0 Å². The van der Waals surface area contributed by atoms with Gasteiger partial charge in [-0.05, 0) is 31.0 Å². The van der Waals surface area contributed by atoms with E-state index in [1.807, 2.05) is 20.8 Å². The van der Waals surface area contributed by atoms with Crippen LogP contribution in [-0.4, -0.2) is 16.9 Å². The van der Waals surface area contributed by atoms with Crippen molar-refractivity contribution in [3.63, 3.8) is 0 Å². The molecule has 0 aromatic rings. The molecule has 90 valence electrons. The van der Waals surface area contributed by atoms with Gasteiger partial charge >= 0.3 is 0 Å². The monoisotopic (exact) mass is 242 g/mol. The van der Waals surface area contributed by atoms with E-state index >= 15 is 0 Å². The third kappa shape index (κ3) is 2.40. The molecular formula is C11H18N2O2S. The second-order valence-corrected chi connectivity index (χ2v) is 5.08. The van der Waals surface area contributed by atoms with Crippen LogP contribution in [0.15, 0.2) is 0 Å². The molecule has 0 radical (unpaired) electrons. The van der Waals surface area contributed by atoms with E-state index in [9.17, 15) is 9.59 Å². The third-order valence-corrected chi connectivity index (χ3v) is 2.96. The smallest absolute Gasteiger partial charge is 0.241 e. The number of amides is 2. The normalized spacial score (nSPS) is 19.6. The predicted octanol–water partition coefficient (Wildman–Crippen LogP) is 1.35. The first-order valence-electron chi connectivity index (χ1n) is 5.59. The predicted molar refractivity (Wildman–Crippen MR) is 65.7 cm³/mol. The number of hydrogen-bond donors (Lipinski definition) is 2. The van der Waals surface area contributed by atoms with Crippen LogP contribution in [0.2, 0.25) is 0 Å². The molecule has 0 bridgehead atoms. The fourth-order valence-electron chi connectivity index (χ4n) is 2.22. The maximum absolute atomic E-state index is 12.0. The Morgan fingerprint density at radius 1 is 1.25 bits per heavy atom. The zero-order valence-electron chi connectivity index (χ0n) is 9.92. The van der Waals surface area contributed by atoms with Gasteiger partial charge in [-0.2, -0.15) is 0 Å². The number of rotatable bonds is 4. The highest BCUT2D eigenvalue weighted by Gasteiger charge is 2.48. The Morgan fingerprint density at radius 3 is 2.12 bits per heavy atom. The van der Waals surface area contributed by atoms with Crippen molar-refractivity contribution in [2.24, 2.45) is 11.3 Å². The minimum Gasteiger partial charge on any atom is -0.302 e. The number of thiocarbonyl (C=S) groups is 1. The van der Waals surface area contributed by atoms with Crippen molar-refractivity contribution in [2.75, 3.05) is 0 Å². The fourth-order valence-corrected chi connectivity index (χ4v) is 2.40. The summed E-state index contributed by atoms with van der Waals surface area (Å²) < 4.78 is 0. The standard InChI is InChI=1S/C11H18N2O2S/c1-4-5-11(6-7(2)3)8(14)12-10(16)13-9(11)15/h7H,4-6H2,1-3H3,(H2,12,13,14,15,16). The number of carbonyl (C=O) groups is 2. The van der Waals surface area contributed by atoms with E-state index in [0.717, 1.165) is 6.42 Å². The van der Waals surface area contributed by atoms with Gasteiger partial charge in [0, 0.05) is 0 Å². The summed E-state index contributed by atoms with van der Waals surface area (Å²) >= 11 is 4.80. The summed E-state index contributed by atoms with van der Waals surface area (Å²) in [5, 5.41) is 5.22. The first-order valence-corrected chi connectivity index (χ1v) is 6.00. The number of nitrogens with one attached hydrogen (secondary N) is 2. The minimum atomic E-state index is -0.939. The molecule has 0 spiro atoms. The van der Waals surface area contributed by atoms with Crippen LogP contribution in [0.1, 0.15) is 40.0 Å². The molecule has 2 N–H and O–H groups in total. The van der Waals surface area contributed by atoms with E-state index in [2.05, 4.69) is 10.6 Å². The lowest BCUT2D eigenvalue weighted by Crippen LogP contribution is -2.62.